The predicted octanol–water partition coefficient (Wildman–Crippen LogP) is 3.26. The van der Waals surface area contributed by atoms with E-state index >= 15 is 0 Å². The molecule has 0 aliphatic carbocycles. The van der Waals surface area contributed by atoms with Crippen molar-refractivity contribution in [3.05, 3.63) is 35.4 Å². The third-order valence-electron chi connectivity index (χ3n) is 2.97. The van der Waals surface area contributed by atoms with E-state index in [4.69, 9.17) is 4.74 Å². The molecule has 0 radical (unpaired) electrons. The van der Waals surface area contributed by atoms with Gasteiger partial charge in [-0.3, -0.25) is 4.79 Å². The van der Waals surface area contributed by atoms with Crippen LogP contribution in [0.3, 0.4) is 0 Å². The van der Waals surface area contributed by atoms with Crippen LogP contribution in [0.15, 0.2) is 24.3 Å². The molecule has 0 unspecified atom stereocenters. The topological polar surface area (TPSA) is 26.3 Å². The molecule has 2 nitrogen and oxygen atoms in total. The summed E-state index contributed by atoms with van der Waals surface area (Å²) in [4.78, 5) is 11.7. The third-order valence-corrected chi connectivity index (χ3v) is 2.97. The molecule has 0 fully saturated rings. The molecular weight excluding hydrogens is 200 g/mol. The van der Waals surface area contributed by atoms with Crippen LogP contribution in [0.1, 0.15) is 44.7 Å². The quantitative estimate of drug-likeness (QED) is 0.731. The van der Waals surface area contributed by atoms with Gasteiger partial charge < -0.3 is 4.74 Å². The summed E-state index contributed by atoms with van der Waals surface area (Å²) < 4.78 is 4.83. The molecule has 0 bridgehead atoms. The summed E-state index contributed by atoms with van der Waals surface area (Å²) in [6.45, 7) is 8.06. The van der Waals surface area contributed by atoms with Crippen LogP contribution in [0.4, 0.5) is 0 Å². The van der Waals surface area contributed by atoms with E-state index in [0.29, 0.717) is 5.92 Å². The molecule has 0 amide bonds. The highest BCUT2D eigenvalue weighted by Gasteiger charge is 2.30. The first-order chi connectivity index (χ1) is 7.39. The van der Waals surface area contributed by atoms with Crippen LogP contribution in [-0.2, 0) is 14.9 Å². The molecule has 0 spiro atoms. The van der Waals surface area contributed by atoms with Crippen molar-refractivity contribution in [1.29, 1.82) is 0 Å². The number of ether oxygens (including phenoxy) is 1. The second-order valence-corrected chi connectivity index (χ2v) is 4.90. The predicted molar refractivity (Wildman–Crippen MR) is 65.6 cm³/mol. The number of benzene rings is 1. The van der Waals surface area contributed by atoms with Gasteiger partial charge in [-0.25, -0.2) is 0 Å². The summed E-state index contributed by atoms with van der Waals surface area (Å²) in [6, 6.07) is 8.14. The molecule has 1 rings (SSSR count). The number of carbonyl (C=O) groups is 1. The van der Waals surface area contributed by atoms with E-state index in [1.54, 1.807) is 0 Å². The van der Waals surface area contributed by atoms with Crippen LogP contribution in [0.5, 0.6) is 0 Å². The van der Waals surface area contributed by atoms with Gasteiger partial charge in [0, 0.05) is 0 Å². The van der Waals surface area contributed by atoms with E-state index in [1.165, 1.54) is 12.7 Å². The lowest BCUT2D eigenvalue weighted by molar-refractivity contribution is -0.146. The third kappa shape index (κ3) is 2.43. The standard InChI is InChI=1S/C14H20O2/c1-10(2)11-7-6-8-12(9-11)14(3,4)13(15)16-5/h6-10H,1-5H3. The van der Waals surface area contributed by atoms with Gasteiger partial charge in [-0.1, -0.05) is 38.1 Å². The maximum Gasteiger partial charge on any atom is 0.315 e. The van der Waals surface area contributed by atoms with Crippen molar-refractivity contribution >= 4 is 5.97 Å². The normalized spacial score (nSPS) is 11.6. The lowest BCUT2D eigenvalue weighted by Gasteiger charge is -2.23. The van der Waals surface area contributed by atoms with E-state index in [-0.39, 0.29) is 5.97 Å². The van der Waals surface area contributed by atoms with Gasteiger partial charge in [-0.2, -0.15) is 0 Å². The number of hydrogen-bond acceptors (Lipinski definition) is 2. The number of methoxy groups -OCH3 is 1. The maximum absolute atomic E-state index is 11.7. The molecule has 0 aliphatic heterocycles. The minimum atomic E-state index is -0.584. The molecule has 2 heteroatoms. The van der Waals surface area contributed by atoms with E-state index in [2.05, 4.69) is 26.0 Å². The fourth-order valence-corrected chi connectivity index (χ4v) is 1.66. The Morgan fingerprint density at radius 3 is 2.44 bits per heavy atom. The molecule has 0 saturated carbocycles. The Labute approximate surface area is 97.6 Å². The largest absolute Gasteiger partial charge is 0.468 e. The number of carbonyl (C=O) groups excluding carboxylic acids is 1. The fraction of sp³-hybridized carbons (Fsp3) is 0.500. The minimum Gasteiger partial charge on any atom is -0.468 e. The van der Waals surface area contributed by atoms with Crippen LogP contribution in [0.25, 0.3) is 0 Å². The van der Waals surface area contributed by atoms with Gasteiger partial charge in [-0.15, -0.1) is 0 Å². The fourth-order valence-electron chi connectivity index (χ4n) is 1.66. The SMILES string of the molecule is COC(=O)C(C)(C)c1cccc(C(C)C)c1. The lowest BCUT2D eigenvalue weighted by atomic mass is 9.83. The Morgan fingerprint density at radius 2 is 1.94 bits per heavy atom. The van der Waals surface area contributed by atoms with E-state index in [1.807, 2.05) is 26.0 Å². The lowest BCUT2D eigenvalue weighted by Crippen LogP contribution is -2.30. The average molecular weight is 220 g/mol. The Hall–Kier alpha value is -1.31. The zero-order chi connectivity index (χ0) is 12.3. The molecule has 1 aromatic rings. The van der Waals surface area contributed by atoms with Crippen molar-refractivity contribution in [2.24, 2.45) is 0 Å². The molecule has 0 atom stereocenters. The van der Waals surface area contributed by atoms with Crippen LogP contribution >= 0.6 is 0 Å². The van der Waals surface area contributed by atoms with Gasteiger partial charge >= 0.3 is 5.97 Å². The summed E-state index contributed by atoms with van der Waals surface area (Å²) in [7, 11) is 1.43. The maximum atomic E-state index is 11.7. The van der Waals surface area contributed by atoms with Gasteiger partial charge in [0.2, 0.25) is 0 Å². The first-order valence-electron chi connectivity index (χ1n) is 5.58. The van der Waals surface area contributed by atoms with Crippen molar-refractivity contribution in [3.8, 4) is 0 Å². The first kappa shape index (κ1) is 12.8. The molecule has 0 saturated heterocycles. The van der Waals surface area contributed by atoms with Crippen LogP contribution in [0.2, 0.25) is 0 Å². The van der Waals surface area contributed by atoms with Gasteiger partial charge in [0.15, 0.2) is 0 Å². The van der Waals surface area contributed by atoms with Crippen molar-refractivity contribution in [3.63, 3.8) is 0 Å². The van der Waals surface area contributed by atoms with Crippen molar-refractivity contribution in [2.75, 3.05) is 7.11 Å². The number of rotatable bonds is 3. The molecule has 88 valence electrons. The van der Waals surface area contributed by atoms with Crippen LogP contribution in [-0.4, -0.2) is 13.1 Å². The van der Waals surface area contributed by atoms with Crippen LogP contribution in [0, 0.1) is 0 Å². The Bertz CT molecular complexity index is 378. The smallest absolute Gasteiger partial charge is 0.315 e. The Kier molecular flexibility index (Phi) is 3.74. The van der Waals surface area contributed by atoms with Crippen molar-refractivity contribution in [1.82, 2.24) is 0 Å². The van der Waals surface area contributed by atoms with Gasteiger partial charge in [0.25, 0.3) is 0 Å². The van der Waals surface area contributed by atoms with Crippen molar-refractivity contribution < 1.29 is 9.53 Å². The Morgan fingerprint density at radius 1 is 1.31 bits per heavy atom. The van der Waals surface area contributed by atoms with E-state index in [0.717, 1.165) is 5.56 Å². The summed E-state index contributed by atoms with van der Waals surface area (Å²) in [5, 5.41) is 0. The average Bonchev–Trinajstić information content (AvgIpc) is 2.28. The summed E-state index contributed by atoms with van der Waals surface area (Å²) >= 11 is 0. The number of hydrogen-bond donors (Lipinski definition) is 0. The van der Waals surface area contributed by atoms with Gasteiger partial charge in [0.1, 0.15) is 0 Å². The van der Waals surface area contributed by atoms with Crippen molar-refractivity contribution in [2.45, 2.75) is 39.0 Å². The molecule has 0 heterocycles. The highest BCUT2D eigenvalue weighted by atomic mass is 16.5. The second-order valence-electron chi connectivity index (χ2n) is 4.90. The number of esters is 1. The molecule has 0 aromatic heterocycles. The zero-order valence-corrected chi connectivity index (χ0v) is 10.7. The summed E-state index contributed by atoms with van der Waals surface area (Å²) in [5.41, 5.74) is 1.67. The molecule has 1 aromatic carbocycles. The summed E-state index contributed by atoms with van der Waals surface area (Å²) in [6.07, 6.45) is 0. The Balaban J connectivity index is 3.13. The summed E-state index contributed by atoms with van der Waals surface area (Å²) in [5.74, 6) is 0.266. The molecule has 16 heavy (non-hydrogen) atoms. The van der Waals surface area contributed by atoms with E-state index < -0.39 is 5.41 Å². The molecular formula is C14H20O2. The highest BCUT2D eigenvalue weighted by Crippen LogP contribution is 2.27. The van der Waals surface area contributed by atoms with Gasteiger partial charge in [0.05, 0.1) is 12.5 Å². The molecule has 0 N–H and O–H groups in total. The second kappa shape index (κ2) is 4.69. The van der Waals surface area contributed by atoms with Gasteiger partial charge in [-0.05, 0) is 30.9 Å². The first-order valence-corrected chi connectivity index (χ1v) is 5.58. The zero-order valence-electron chi connectivity index (χ0n) is 10.7. The van der Waals surface area contributed by atoms with E-state index in [9.17, 15) is 4.79 Å². The monoisotopic (exact) mass is 220 g/mol. The highest BCUT2D eigenvalue weighted by molar-refractivity contribution is 5.82. The molecule has 0 aliphatic rings. The van der Waals surface area contributed by atoms with Crippen LogP contribution < -0.4 is 0 Å². The minimum absolute atomic E-state index is 0.201.